The van der Waals surface area contributed by atoms with E-state index in [1.165, 1.54) is 0 Å². The van der Waals surface area contributed by atoms with Gasteiger partial charge in [0, 0.05) is 20.2 Å². The lowest BCUT2D eigenvalue weighted by molar-refractivity contribution is 0.0410. The average Bonchev–Trinajstić information content (AvgIpc) is 1.94. The molecule has 3 heteroatoms. The van der Waals surface area contributed by atoms with Crippen LogP contribution in [-0.2, 0) is 4.74 Å². The summed E-state index contributed by atoms with van der Waals surface area (Å²) in [6, 6.07) is 0. The largest absolute Gasteiger partial charge is 0.400 e. The molecule has 2 N–H and O–H groups in total. The molecule has 1 aliphatic heterocycles. The quantitative estimate of drug-likeness (QED) is 0.472. The molecule has 1 rings (SSSR count). The number of morpholine rings is 1. The third kappa shape index (κ3) is 4.39. The summed E-state index contributed by atoms with van der Waals surface area (Å²) < 4.78 is 5.22. The SMILES string of the molecule is CC1CNCCO1.CO. The second-order valence-corrected chi connectivity index (χ2v) is 1.89. The van der Waals surface area contributed by atoms with Crippen molar-refractivity contribution < 1.29 is 9.84 Å². The maximum atomic E-state index is 7.00. The number of hydrogen-bond donors (Lipinski definition) is 2. The fourth-order valence-corrected chi connectivity index (χ4v) is 0.697. The first kappa shape index (κ1) is 8.88. The lowest BCUT2D eigenvalue weighted by Gasteiger charge is -2.18. The molecule has 1 aliphatic rings. The van der Waals surface area contributed by atoms with E-state index in [4.69, 9.17) is 9.84 Å². The van der Waals surface area contributed by atoms with Gasteiger partial charge in [-0.15, -0.1) is 0 Å². The van der Waals surface area contributed by atoms with Crippen LogP contribution in [0.2, 0.25) is 0 Å². The first-order valence-corrected chi connectivity index (χ1v) is 3.16. The van der Waals surface area contributed by atoms with E-state index in [1.807, 2.05) is 0 Å². The zero-order chi connectivity index (χ0) is 7.11. The maximum Gasteiger partial charge on any atom is 0.0672 e. The Morgan fingerprint density at radius 2 is 2.22 bits per heavy atom. The molecule has 0 aromatic heterocycles. The van der Waals surface area contributed by atoms with E-state index in [0.29, 0.717) is 6.10 Å². The Morgan fingerprint density at radius 3 is 2.44 bits per heavy atom. The molecule has 0 bridgehead atoms. The molecule has 0 aromatic rings. The third-order valence-corrected chi connectivity index (χ3v) is 1.11. The first-order chi connectivity index (χ1) is 4.39. The molecule has 3 nitrogen and oxygen atoms in total. The highest BCUT2D eigenvalue weighted by molar-refractivity contribution is 4.59. The summed E-state index contributed by atoms with van der Waals surface area (Å²) in [6.07, 6.45) is 0.425. The van der Waals surface area contributed by atoms with E-state index in [1.54, 1.807) is 0 Å². The van der Waals surface area contributed by atoms with Gasteiger partial charge in [-0.1, -0.05) is 0 Å². The highest BCUT2D eigenvalue weighted by atomic mass is 16.5. The highest BCUT2D eigenvalue weighted by Crippen LogP contribution is 1.91. The van der Waals surface area contributed by atoms with Gasteiger partial charge >= 0.3 is 0 Å². The minimum Gasteiger partial charge on any atom is -0.400 e. The van der Waals surface area contributed by atoms with Gasteiger partial charge in [0.1, 0.15) is 0 Å². The maximum absolute atomic E-state index is 7.00. The van der Waals surface area contributed by atoms with Crippen LogP contribution in [0.4, 0.5) is 0 Å². The van der Waals surface area contributed by atoms with E-state index in [2.05, 4.69) is 12.2 Å². The fourth-order valence-electron chi connectivity index (χ4n) is 0.697. The van der Waals surface area contributed by atoms with Gasteiger partial charge in [0.25, 0.3) is 0 Å². The second kappa shape index (κ2) is 6.01. The number of hydrogen-bond acceptors (Lipinski definition) is 3. The number of rotatable bonds is 0. The van der Waals surface area contributed by atoms with Crippen molar-refractivity contribution in [2.45, 2.75) is 13.0 Å². The van der Waals surface area contributed by atoms with Crippen molar-refractivity contribution in [3.8, 4) is 0 Å². The molecule has 0 radical (unpaired) electrons. The van der Waals surface area contributed by atoms with Crippen LogP contribution in [0.3, 0.4) is 0 Å². The van der Waals surface area contributed by atoms with Crippen molar-refractivity contribution in [2.24, 2.45) is 0 Å². The standard InChI is InChI=1S/C5H11NO.CH4O/c1-5-4-6-2-3-7-5;1-2/h5-6H,2-4H2,1H3;2H,1H3. The van der Waals surface area contributed by atoms with E-state index in [0.717, 1.165) is 26.8 Å². The van der Waals surface area contributed by atoms with E-state index in [-0.39, 0.29) is 0 Å². The van der Waals surface area contributed by atoms with Gasteiger partial charge < -0.3 is 15.2 Å². The Morgan fingerprint density at radius 1 is 1.56 bits per heavy atom. The summed E-state index contributed by atoms with van der Waals surface area (Å²) in [6.45, 7) is 4.98. The molecule has 1 saturated heterocycles. The molecule has 1 heterocycles. The van der Waals surface area contributed by atoms with Gasteiger partial charge in [-0.3, -0.25) is 0 Å². The van der Waals surface area contributed by atoms with E-state index in [9.17, 15) is 0 Å². The van der Waals surface area contributed by atoms with Crippen LogP contribution < -0.4 is 5.32 Å². The van der Waals surface area contributed by atoms with Gasteiger partial charge in [0.05, 0.1) is 12.7 Å². The Balaban J connectivity index is 0.000000291. The molecule has 0 saturated carbocycles. The average molecular weight is 133 g/mol. The topological polar surface area (TPSA) is 41.5 Å². The van der Waals surface area contributed by atoms with Crippen molar-refractivity contribution in [2.75, 3.05) is 26.8 Å². The van der Waals surface area contributed by atoms with Crippen molar-refractivity contribution >= 4 is 0 Å². The molecule has 0 aliphatic carbocycles. The van der Waals surface area contributed by atoms with Crippen molar-refractivity contribution in [1.29, 1.82) is 0 Å². The minimum absolute atomic E-state index is 0.425. The normalized spacial score (nSPS) is 26.3. The minimum atomic E-state index is 0.425. The Kier molecular flexibility index (Phi) is 5.93. The molecule has 0 spiro atoms. The monoisotopic (exact) mass is 133 g/mol. The van der Waals surface area contributed by atoms with E-state index < -0.39 is 0 Å². The second-order valence-electron chi connectivity index (χ2n) is 1.89. The molecule has 0 aromatic carbocycles. The zero-order valence-corrected chi connectivity index (χ0v) is 6.05. The van der Waals surface area contributed by atoms with Gasteiger partial charge in [-0.2, -0.15) is 0 Å². The van der Waals surface area contributed by atoms with Crippen LogP contribution in [0, 0.1) is 0 Å². The van der Waals surface area contributed by atoms with Crippen molar-refractivity contribution in [3.05, 3.63) is 0 Å². The zero-order valence-electron chi connectivity index (χ0n) is 6.05. The third-order valence-electron chi connectivity index (χ3n) is 1.11. The van der Waals surface area contributed by atoms with Gasteiger partial charge in [-0.25, -0.2) is 0 Å². The molecule has 9 heavy (non-hydrogen) atoms. The van der Waals surface area contributed by atoms with Crippen LogP contribution in [-0.4, -0.2) is 38.0 Å². The summed E-state index contributed by atoms with van der Waals surface area (Å²) in [5, 5.41) is 10.2. The van der Waals surface area contributed by atoms with Gasteiger partial charge in [0.15, 0.2) is 0 Å². The van der Waals surface area contributed by atoms with Crippen molar-refractivity contribution in [1.82, 2.24) is 5.32 Å². The number of ether oxygens (including phenoxy) is 1. The number of nitrogens with one attached hydrogen (secondary N) is 1. The fraction of sp³-hybridized carbons (Fsp3) is 1.00. The molecule has 0 amide bonds. The summed E-state index contributed by atoms with van der Waals surface area (Å²) in [5.41, 5.74) is 0. The molecular formula is C6H15NO2. The van der Waals surface area contributed by atoms with E-state index >= 15 is 0 Å². The van der Waals surface area contributed by atoms with Crippen LogP contribution in [0.5, 0.6) is 0 Å². The Hall–Kier alpha value is -0.120. The predicted octanol–water partition coefficient (Wildman–Crippen LogP) is -0.397. The van der Waals surface area contributed by atoms with Crippen LogP contribution in [0.1, 0.15) is 6.92 Å². The Labute approximate surface area is 56.0 Å². The van der Waals surface area contributed by atoms with Crippen molar-refractivity contribution in [3.63, 3.8) is 0 Å². The predicted molar refractivity (Wildman–Crippen MR) is 36.4 cm³/mol. The molecular weight excluding hydrogens is 118 g/mol. The molecule has 1 unspecified atom stereocenters. The number of aliphatic hydroxyl groups is 1. The summed E-state index contributed by atoms with van der Waals surface area (Å²) in [5.74, 6) is 0. The lowest BCUT2D eigenvalue weighted by atomic mass is 10.3. The smallest absolute Gasteiger partial charge is 0.0672 e. The number of aliphatic hydroxyl groups excluding tert-OH is 1. The molecule has 1 fully saturated rings. The molecule has 56 valence electrons. The first-order valence-electron chi connectivity index (χ1n) is 3.16. The van der Waals surface area contributed by atoms with Gasteiger partial charge in [0.2, 0.25) is 0 Å². The molecule has 1 atom stereocenters. The Bertz CT molecular complexity index is 53.0. The summed E-state index contributed by atoms with van der Waals surface area (Å²) in [4.78, 5) is 0. The summed E-state index contributed by atoms with van der Waals surface area (Å²) >= 11 is 0. The lowest BCUT2D eigenvalue weighted by Crippen LogP contribution is -2.36. The van der Waals surface area contributed by atoms with Gasteiger partial charge in [-0.05, 0) is 6.92 Å². The van der Waals surface area contributed by atoms with Crippen LogP contribution in [0.25, 0.3) is 0 Å². The van der Waals surface area contributed by atoms with Crippen LogP contribution >= 0.6 is 0 Å². The summed E-state index contributed by atoms with van der Waals surface area (Å²) in [7, 11) is 1.00. The van der Waals surface area contributed by atoms with Crippen LogP contribution in [0.15, 0.2) is 0 Å². The highest BCUT2D eigenvalue weighted by Gasteiger charge is 2.04.